The lowest BCUT2D eigenvalue weighted by Gasteiger charge is -2.38. The van der Waals surface area contributed by atoms with E-state index in [-0.39, 0.29) is 6.04 Å². The van der Waals surface area contributed by atoms with Crippen molar-refractivity contribution in [3.05, 3.63) is 34.9 Å². The minimum atomic E-state index is -0.884. The van der Waals surface area contributed by atoms with Crippen LogP contribution in [0.3, 0.4) is 0 Å². The molecule has 0 aromatic heterocycles. The molecule has 1 N–H and O–H groups in total. The summed E-state index contributed by atoms with van der Waals surface area (Å²) in [5.74, 6) is 0. The summed E-state index contributed by atoms with van der Waals surface area (Å²) < 4.78 is 0. The Hall–Kier alpha value is -2.02. The third kappa shape index (κ3) is 2.55. The molecule has 1 aliphatic rings. The van der Waals surface area contributed by atoms with Crippen LogP contribution < -0.4 is 0 Å². The molecular formula is C15H18N2O2. The van der Waals surface area contributed by atoms with Crippen molar-refractivity contribution in [2.45, 2.75) is 45.2 Å². The molecule has 0 saturated carbocycles. The van der Waals surface area contributed by atoms with Gasteiger partial charge < -0.3 is 5.11 Å². The molecule has 19 heavy (non-hydrogen) atoms. The molecule has 0 bridgehead atoms. The highest BCUT2D eigenvalue weighted by Gasteiger charge is 2.36. The zero-order chi connectivity index (χ0) is 14.2. The third-order valence-corrected chi connectivity index (χ3v) is 3.54. The van der Waals surface area contributed by atoms with Gasteiger partial charge in [-0.25, -0.2) is 4.79 Å². The van der Waals surface area contributed by atoms with Crippen LogP contribution in [0.1, 0.15) is 37.5 Å². The maximum absolute atomic E-state index is 11.5. The van der Waals surface area contributed by atoms with Gasteiger partial charge in [-0.2, -0.15) is 5.26 Å². The highest BCUT2D eigenvalue weighted by Crippen LogP contribution is 2.30. The maximum Gasteiger partial charge on any atom is 0.408 e. The minimum Gasteiger partial charge on any atom is -0.465 e. The second-order valence-electron chi connectivity index (χ2n) is 5.98. The van der Waals surface area contributed by atoms with Gasteiger partial charge in [-0.1, -0.05) is 6.07 Å². The van der Waals surface area contributed by atoms with Gasteiger partial charge in [0.05, 0.1) is 11.6 Å². The van der Waals surface area contributed by atoms with Gasteiger partial charge in [0.2, 0.25) is 0 Å². The topological polar surface area (TPSA) is 64.3 Å². The van der Waals surface area contributed by atoms with Crippen LogP contribution >= 0.6 is 0 Å². The normalized spacial score (nSPS) is 17.7. The van der Waals surface area contributed by atoms with Crippen molar-refractivity contribution in [1.29, 1.82) is 5.26 Å². The first kappa shape index (κ1) is 13.4. The molecule has 0 spiro atoms. The van der Waals surface area contributed by atoms with Crippen molar-refractivity contribution < 1.29 is 9.90 Å². The largest absolute Gasteiger partial charge is 0.465 e. The van der Waals surface area contributed by atoms with Gasteiger partial charge in [-0.15, -0.1) is 0 Å². The van der Waals surface area contributed by atoms with E-state index in [0.717, 1.165) is 17.5 Å². The molecule has 0 heterocycles. The highest BCUT2D eigenvalue weighted by molar-refractivity contribution is 5.67. The number of nitriles is 1. The SMILES string of the molecule is CC(C)(C)N(C(=O)O)C1Cc2ccc(C#N)cc2C1. The van der Waals surface area contributed by atoms with Gasteiger partial charge >= 0.3 is 6.09 Å². The Balaban J connectivity index is 2.28. The molecule has 1 aromatic rings. The third-order valence-electron chi connectivity index (χ3n) is 3.54. The van der Waals surface area contributed by atoms with E-state index in [9.17, 15) is 9.90 Å². The predicted molar refractivity (Wildman–Crippen MR) is 72.0 cm³/mol. The van der Waals surface area contributed by atoms with Crippen LogP contribution in [0.2, 0.25) is 0 Å². The first-order valence-electron chi connectivity index (χ1n) is 6.37. The van der Waals surface area contributed by atoms with Crippen LogP contribution in [0.15, 0.2) is 18.2 Å². The quantitative estimate of drug-likeness (QED) is 0.842. The van der Waals surface area contributed by atoms with Crippen molar-refractivity contribution in [2.24, 2.45) is 0 Å². The number of hydrogen-bond donors (Lipinski definition) is 1. The fourth-order valence-corrected chi connectivity index (χ4v) is 2.84. The Morgan fingerprint density at radius 1 is 1.37 bits per heavy atom. The van der Waals surface area contributed by atoms with Gasteiger partial charge in [0.25, 0.3) is 0 Å². The van der Waals surface area contributed by atoms with Crippen molar-refractivity contribution >= 4 is 6.09 Å². The molecule has 2 rings (SSSR count). The summed E-state index contributed by atoms with van der Waals surface area (Å²) in [6.07, 6.45) is 0.532. The Bertz CT molecular complexity index is 552. The van der Waals surface area contributed by atoms with E-state index in [0.29, 0.717) is 12.0 Å². The Labute approximate surface area is 113 Å². The molecule has 4 nitrogen and oxygen atoms in total. The van der Waals surface area contributed by atoms with Gasteiger partial charge in [-0.3, -0.25) is 4.90 Å². The van der Waals surface area contributed by atoms with Gasteiger partial charge in [-0.05, 0) is 56.9 Å². The van der Waals surface area contributed by atoms with E-state index >= 15 is 0 Å². The second-order valence-corrected chi connectivity index (χ2v) is 5.98. The van der Waals surface area contributed by atoms with Crippen LogP contribution in [0.5, 0.6) is 0 Å². The number of fused-ring (bicyclic) bond motifs is 1. The Morgan fingerprint density at radius 3 is 2.53 bits per heavy atom. The van der Waals surface area contributed by atoms with E-state index < -0.39 is 11.6 Å². The summed E-state index contributed by atoms with van der Waals surface area (Å²) in [6.45, 7) is 5.72. The molecule has 1 amide bonds. The molecule has 0 radical (unpaired) electrons. The minimum absolute atomic E-state index is 0.0403. The summed E-state index contributed by atoms with van der Waals surface area (Å²) in [5.41, 5.74) is 2.47. The van der Waals surface area contributed by atoms with Gasteiger partial charge in [0, 0.05) is 11.6 Å². The number of amides is 1. The zero-order valence-corrected chi connectivity index (χ0v) is 11.5. The summed E-state index contributed by atoms with van der Waals surface area (Å²) in [5, 5.41) is 18.3. The lowest BCUT2D eigenvalue weighted by molar-refractivity contribution is 0.0731. The molecule has 100 valence electrons. The number of hydrogen-bond acceptors (Lipinski definition) is 2. The summed E-state index contributed by atoms with van der Waals surface area (Å²) in [4.78, 5) is 13.0. The molecule has 0 fully saturated rings. The Morgan fingerprint density at radius 2 is 2.00 bits per heavy atom. The summed E-state index contributed by atoms with van der Waals surface area (Å²) in [7, 11) is 0. The standard InChI is InChI=1S/C15H18N2O2/c1-15(2,3)17(14(18)19)13-7-11-5-4-10(9-16)6-12(11)8-13/h4-6,13H,7-8H2,1-3H3,(H,18,19). The fourth-order valence-electron chi connectivity index (χ4n) is 2.84. The molecule has 1 aliphatic carbocycles. The number of nitrogens with zero attached hydrogens (tertiary/aromatic N) is 2. The summed E-state index contributed by atoms with van der Waals surface area (Å²) in [6, 6.07) is 7.69. The maximum atomic E-state index is 11.5. The van der Waals surface area contributed by atoms with Gasteiger partial charge in [0.15, 0.2) is 0 Å². The first-order valence-corrected chi connectivity index (χ1v) is 6.37. The number of carboxylic acid groups (broad SMARTS) is 1. The van der Waals surface area contributed by atoms with Crippen LogP contribution in [-0.4, -0.2) is 27.7 Å². The fraction of sp³-hybridized carbons (Fsp3) is 0.467. The van der Waals surface area contributed by atoms with Crippen molar-refractivity contribution in [3.8, 4) is 6.07 Å². The van der Waals surface area contributed by atoms with E-state index in [1.165, 1.54) is 4.90 Å². The molecule has 1 aromatic carbocycles. The second kappa shape index (κ2) is 4.58. The van der Waals surface area contributed by atoms with Crippen LogP contribution in [0.25, 0.3) is 0 Å². The van der Waals surface area contributed by atoms with E-state index in [2.05, 4.69) is 6.07 Å². The van der Waals surface area contributed by atoms with E-state index in [1.807, 2.05) is 32.9 Å². The lowest BCUT2D eigenvalue weighted by Crippen LogP contribution is -2.51. The monoisotopic (exact) mass is 258 g/mol. The number of carbonyl (C=O) groups is 1. The van der Waals surface area contributed by atoms with Crippen molar-refractivity contribution in [1.82, 2.24) is 4.90 Å². The molecule has 1 unspecified atom stereocenters. The molecule has 4 heteroatoms. The predicted octanol–water partition coefficient (Wildman–Crippen LogP) is 2.80. The first-order chi connectivity index (χ1) is 8.82. The smallest absolute Gasteiger partial charge is 0.408 e. The van der Waals surface area contributed by atoms with E-state index in [4.69, 9.17) is 5.26 Å². The Kier molecular flexibility index (Phi) is 3.23. The molecule has 0 aliphatic heterocycles. The average Bonchev–Trinajstić information content (AvgIpc) is 2.67. The summed E-state index contributed by atoms with van der Waals surface area (Å²) >= 11 is 0. The lowest BCUT2D eigenvalue weighted by atomic mass is 10.0. The highest BCUT2D eigenvalue weighted by atomic mass is 16.4. The number of rotatable bonds is 1. The van der Waals surface area contributed by atoms with Crippen LogP contribution in [0, 0.1) is 11.3 Å². The van der Waals surface area contributed by atoms with Crippen LogP contribution in [-0.2, 0) is 12.8 Å². The van der Waals surface area contributed by atoms with E-state index in [1.54, 1.807) is 6.07 Å². The number of benzene rings is 1. The molecular weight excluding hydrogens is 240 g/mol. The van der Waals surface area contributed by atoms with Crippen molar-refractivity contribution in [3.63, 3.8) is 0 Å². The molecule has 1 atom stereocenters. The zero-order valence-electron chi connectivity index (χ0n) is 11.5. The average molecular weight is 258 g/mol. The van der Waals surface area contributed by atoms with Gasteiger partial charge in [0.1, 0.15) is 0 Å². The molecule has 0 saturated heterocycles. The van der Waals surface area contributed by atoms with Crippen molar-refractivity contribution in [2.75, 3.05) is 0 Å². The van der Waals surface area contributed by atoms with Crippen LogP contribution in [0.4, 0.5) is 4.79 Å².